The molecule has 0 amide bonds. The summed E-state index contributed by atoms with van der Waals surface area (Å²) in [7, 11) is 1.27. The van der Waals surface area contributed by atoms with Crippen molar-refractivity contribution in [3.05, 3.63) is 59.3 Å². The number of rotatable bonds is 6. The Morgan fingerprint density at radius 2 is 1.66 bits per heavy atom. The number of carbonyl (C=O) groups is 4. The Balaban J connectivity index is 1.79. The summed E-state index contributed by atoms with van der Waals surface area (Å²) >= 11 is 0. The number of hydrogen-bond acceptors (Lipinski definition) is 8. The van der Waals surface area contributed by atoms with Crippen LogP contribution in [-0.4, -0.2) is 47.4 Å². The van der Waals surface area contributed by atoms with Crippen molar-refractivity contribution in [1.82, 2.24) is 4.57 Å². The van der Waals surface area contributed by atoms with E-state index < -0.39 is 34.6 Å². The van der Waals surface area contributed by atoms with Gasteiger partial charge in [-0.3, -0.25) is 9.59 Å². The lowest BCUT2D eigenvalue weighted by Gasteiger charge is -2.20. The van der Waals surface area contributed by atoms with E-state index in [1.165, 1.54) is 19.2 Å². The number of fused-ring (bicyclic) bond motifs is 1. The number of hydrogen-bond donors (Lipinski definition) is 1. The van der Waals surface area contributed by atoms with E-state index in [1.54, 1.807) is 62.6 Å². The number of methoxy groups -OCH3 is 1. The molecule has 0 aliphatic heterocycles. The average Bonchev–Trinajstić information content (AvgIpc) is 3.24. The lowest BCUT2D eigenvalue weighted by molar-refractivity contribution is -0.157. The van der Waals surface area contributed by atoms with Crippen LogP contribution in [0.1, 0.15) is 42.4 Å². The summed E-state index contributed by atoms with van der Waals surface area (Å²) in [6.45, 7) is 6.64. The van der Waals surface area contributed by atoms with Gasteiger partial charge in [-0.05, 0) is 57.5 Å². The molecule has 2 N–H and O–H groups in total. The minimum Gasteiger partial charge on any atom is -0.481 e. The Hall–Kier alpha value is -4.14. The van der Waals surface area contributed by atoms with Crippen LogP contribution in [0.3, 0.4) is 0 Å². The second-order valence-electron chi connectivity index (χ2n) is 9.30. The Morgan fingerprint density at radius 1 is 1.03 bits per heavy atom. The molecular formula is C26H26N2O7. The normalized spacial score (nSPS) is 14.7. The predicted molar refractivity (Wildman–Crippen MR) is 127 cm³/mol. The Morgan fingerprint density at radius 3 is 2.20 bits per heavy atom. The van der Waals surface area contributed by atoms with Gasteiger partial charge in [-0.15, -0.1) is 0 Å². The van der Waals surface area contributed by atoms with E-state index in [0.717, 1.165) is 0 Å². The monoisotopic (exact) mass is 478 g/mol. The van der Waals surface area contributed by atoms with Crippen molar-refractivity contribution in [1.29, 1.82) is 0 Å². The zero-order valence-corrected chi connectivity index (χ0v) is 20.1. The van der Waals surface area contributed by atoms with Gasteiger partial charge >= 0.3 is 11.9 Å². The maximum absolute atomic E-state index is 12.9. The molecule has 9 nitrogen and oxygen atoms in total. The summed E-state index contributed by atoms with van der Waals surface area (Å²) in [5.41, 5.74) is 6.16. The van der Waals surface area contributed by atoms with Crippen molar-refractivity contribution in [3.63, 3.8) is 0 Å². The first-order chi connectivity index (χ1) is 16.4. The van der Waals surface area contributed by atoms with Gasteiger partial charge in [-0.2, -0.15) is 0 Å². The van der Waals surface area contributed by atoms with E-state index in [1.807, 2.05) is 0 Å². The van der Waals surface area contributed by atoms with E-state index in [2.05, 4.69) is 0 Å². The molecule has 182 valence electrons. The van der Waals surface area contributed by atoms with E-state index >= 15 is 0 Å². The summed E-state index contributed by atoms with van der Waals surface area (Å²) in [6, 6.07) is 11.2. The number of nitrogen functional groups attached to an aromatic ring is 1. The van der Waals surface area contributed by atoms with Crippen molar-refractivity contribution in [2.45, 2.75) is 38.8 Å². The minimum absolute atomic E-state index is 0.290. The summed E-state index contributed by atoms with van der Waals surface area (Å²) in [5, 5.41) is 0.478. The number of nitrogens with two attached hydrogens (primary N) is 1. The molecule has 0 spiro atoms. The molecule has 9 heteroatoms. The van der Waals surface area contributed by atoms with Gasteiger partial charge in [0.2, 0.25) is 17.1 Å². The molecule has 1 fully saturated rings. The fraction of sp³-hybridized carbons (Fsp3) is 0.308. The number of carbonyl (C=O) groups excluding carboxylic acids is 4. The number of Topliss-reactive ketones (excluding diaryl/α,β-unsaturated/α-hetero) is 2. The Kier molecular flexibility index (Phi) is 5.67. The van der Waals surface area contributed by atoms with Gasteiger partial charge in [0.1, 0.15) is 11.4 Å². The van der Waals surface area contributed by atoms with Crippen LogP contribution >= 0.6 is 0 Å². The quantitative estimate of drug-likeness (QED) is 0.326. The number of aromatic nitrogens is 1. The summed E-state index contributed by atoms with van der Waals surface area (Å²) in [5.74, 6) is -1.94. The van der Waals surface area contributed by atoms with Crippen molar-refractivity contribution in [3.8, 4) is 5.75 Å². The summed E-state index contributed by atoms with van der Waals surface area (Å²) in [6.07, 6.45) is 0. The third kappa shape index (κ3) is 3.82. The molecule has 1 saturated carbocycles. The van der Waals surface area contributed by atoms with Crippen LogP contribution in [0.15, 0.2) is 42.5 Å². The number of benzene rings is 2. The van der Waals surface area contributed by atoms with Crippen LogP contribution in [0.4, 0.5) is 5.69 Å². The SMILES string of the molecule is COC(=O)c1ccc(C2(n3c(C)c(N)c4c(OCC(=O)OC(C)(C)C)cccc43)C(=O)C2=O)cc1. The fourth-order valence-corrected chi connectivity index (χ4v) is 4.31. The van der Waals surface area contributed by atoms with Gasteiger partial charge in [0.05, 0.1) is 29.3 Å². The van der Waals surface area contributed by atoms with Gasteiger partial charge in [-0.25, -0.2) is 9.59 Å². The molecule has 1 aliphatic rings. The van der Waals surface area contributed by atoms with Crippen LogP contribution < -0.4 is 10.5 Å². The third-order valence-electron chi connectivity index (χ3n) is 5.87. The molecule has 0 saturated heterocycles. The minimum atomic E-state index is -1.60. The summed E-state index contributed by atoms with van der Waals surface area (Å²) in [4.78, 5) is 49.7. The zero-order chi connectivity index (χ0) is 25.7. The Labute approximate surface area is 201 Å². The molecule has 35 heavy (non-hydrogen) atoms. The molecule has 0 unspecified atom stereocenters. The maximum Gasteiger partial charge on any atom is 0.344 e. The molecule has 4 rings (SSSR count). The van der Waals surface area contributed by atoms with E-state index in [4.69, 9.17) is 19.9 Å². The van der Waals surface area contributed by atoms with E-state index in [-0.39, 0.29) is 6.61 Å². The zero-order valence-electron chi connectivity index (χ0n) is 20.1. The lowest BCUT2D eigenvalue weighted by atomic mass is 10.0. The highest BCUT2D eigenvalue weighted by Gasteiger charge is 2.69. The Bertz CT molecular complexity index is 1360. The third-order valence-corrected chi connectivity index (χ3v) is 5.87. The number of ether oxygens (including phenoxy) is 3. The van der Waals surface area contributed by atoms with Crippen molar-refractivity contribution in [2.75, 3.05) is 19.5 Å². The molecule has 1 aliphatic carbocycles. The highest BCUT2D eigenvalue weighted by atomic mass is 16.6. The molecule has 1 aromatic heterocycles. The largest absolute Gasteiger partial charge is 0.481 e. The predicted octanol–water partition coefficient (Wildman–Crippen LogP) is 2.93. The highest BCUT2D eigenvalue weighted by Crippen LogP contribution is 2.48. The van der Waals surface area contributed by atoms with E-state index in [9.17, 15) is 19.2 Å². The van der Waals surface area contributed by atoms with Crippen molar-refractivity contribution in [2.24, 2.45) is 0 Å². The van der Waals surface area contributed by atoms with Gasteiger partial charge in [0, 0.05) is 5.69 Å². The first kappa shape index (κ1) is 24.0. The van der Waals surface area contributed by atoms with Crippen molar-refractivity contribution >= 4 is 40.1 Å². The molecule has 0 atom stereocenters. The van der Waals surface area contributed by atoms with E-state index in [0.29, 0.717) is 39.2 Å². The molecule has 3 aromatic rings. The van der Waals surface area contributed by atoms with Gasteiger partial charge in [0.25, 0.3) is 0 Å². The topological polar surface area (TPSA) is 127 Å². The highest BCUT2D eigenvalue weighted by molar-refractivity contribution is 6.66. The number of anilines is 1. The number of ketones is 2. The van der Waals surface area contributed by atoms with Crippen LogP contribution in [0.2, 0.25) is 0 Å². The first-order valence-electron chi connectivity index (χ1n) is 11.0. The maximum atomic E-state index is 12.9. The molecular weight excluding hydrogens is 452 g/mol. The number of nitrogens with zero attached hydrogens (tertiary/aromatic N) is 1. The van der Waals surface area contributed by atoms with Gasteiger partial charge < -0.3 is 24.5 Å². The molecule has 2 aromatic carbocycles. The van der Waals surface area contributed by atoms with Crippen LogP contribution in [0.5, 0.6) is 5.75 Å². The average molecular weight is 479 g/mol. The standard InChI is InChI=1S/C26H26N2O7/c1-14-21(27)20-17(7-6-8-18(20)34-13-19(29)35-25(2,3)4)28(14)26(22(30)23(26)31)16-11-9-15(10-12-16)24(32)33-5/h6-12H,13,27H2,1-5H3. The second-order valence-corrected chi connectivity index (χ2v) is 9.30. The van der Waals surface area contributed by atoms with Crippen LogP contribution in [0, 0.1) is 6.92 Å². The van der Waals surface area contributed by atoms with Crippen LogP contribution in [0.25, 0.3) is 10.9 Å². The van der Waals surface area contributed by atoms with Gasteiger partial charge in [-0.1, -0.05) is 18.2 Å². The number of esters is 2. The van der Waals surface area contributed by atoms with Crippen LogP contribution in [-0.2, 0) is 29.4 Å². The molecule has 1 heterocycles. The van der Waals surface area contributed by atoms with Crippen molar-refractivity contribution < 1.29 is 33.4 Å². The fourth-order valence-electron chi connectivity index (χ4n) is 4.31. The lowest BCUT2D eigenvalue weighted by Crippen LogP contribution is -2.27. The molecule has 0 bridgehead atoms. The first-order valence-corrected chi connectivity index (χ1v) is 11.0. The second kappa shape index (κ2) is 8.26. The van der Waals surface area contributed by atoms with Gasteiger partial charge in [0.15, 0.2) is 6.61 Å². The summed E-state index contributed by atoms with van der Waals surface area (Å²) < 4.78 is 17.3. The smallest absolute Gasteiger partial charge is 0.344 e. The molecule has 0 radical (unpaired) electrons.